The van der Waals surface area contributed by atoms with E-state index in [1.807, 2.05) is 36.1 Å². The maximum Gasteiger partial charge on any atom is 0.272 e. The molecule has 0 saturated carbocycles. The number of amides is 2. The molecule has 1 aliphatic rings. The van der Waals surface area contributed by atoms with Crippen LogP contribution in [0.15, 0.2) is 24.3 Å². The number of rotatable bonds is 6. The number of nitrogens with zero attached hydrogens (tertiary/aromatic N) is 2. The average molecular weight is 344 g/mol. The van der Waals surface area contributed by atoms with Crippen molar-refractivity contribution < 1.29 is 14.3 Å². The summed E-state index contributed by atoms with van der Waals surface area (Å²) in [5.74, 6) is -0.215. The van der Waals surface area contributed by atoms with Gasteiger partial charge < -0.3 is 15.0 Å². The lowest BCUT2D eigenvalue weighted by molar-refractivity contribution is -0.135. The molecule has 2 heterocycles. The Kier molecular flexibility index (Phi) is 5.65. The summed E-state index contributed by atoms with van der Waals surface area (Å²) in [4.78, 5) is 26.4. The van der Waals surface area contributed by atoms with E-state index in [1.54, 1.807) is 0 Å². The minimum absolute atomic E-state index is 0.0524. The zero-order valence-corrected chi connectivity index (χ0v) is 14.5. The maximum absolute atomic E-state index is 12.3. The fourth-order valence-electron chi connectivity index (χ4n) is 3.20. The Morgan fingerprint density at radius 2 is 2.24 bits per heavy atom. The first-order chi connectivity index (χ1) is 12.2. The Morgan fingerprint density at radius 1 is 1.40 bits per heavy atom. The summed E-state index contributed by atoms with van der Waals surface area (Å²) < 4.78 is 5.62. The van der Waals surface area contributed by atoms with Gasteiger partial charge in [-0.05, 0) is 25.8 Å². The van der Waals surface area contributed by atoms with Crippen molar-refractivity contribution in [2.24, 2.45) is 0 Å². The molecule has 0 unspecified atom stereocenters. The predicted octanol–water partition coefficient (Wildman–Crippen LogP) is 1.71. The maximum atomic E-state index is 12.3. The fourth-order valence-corrected chi connectivity index (χ4v) is 3.20. The van der Waals surface area contributed by atoms with Crippen molar-refractivity contribution in [3.05, 3.63) is 30.0 Å². The molecule has 1 aliphatic heterocycles. The minimum atomic E-state index is -0.268. The third-order valence-electron chi connectivity index (χ3n) is 4.44. The molecule has 7 heteroatoms. The number of hydrogen-bond acceptors (Lipinski definition) is 4. The van der Waals surface area contributed by atoms with Crippen LogP contribution in [0.5, 0.6) is 0 Å². The van der Waals surface area contributed by atoms with Crippen molar-refractivity contribution >= 4 is 22.7 Å². The lowest BCUT2D eigenvalue weighted by Crippen LogP contribution is -2.44. The van der Waals surface area contributed by atoms with Gasteiger partial charge in [-0.25, -0.2) is 0 Å². The van der Waals surface area contributed by atoms with Crippen molar-refractivity contribution in [2.75, 3.05) is 26.2 Å². The molecular formula is C18H24N4O3. The first-order valence-corrected chi connectivity index (χ1v) is 8.79. The molecule has 0 bridgehead atoms. The number of nitrogens with one attached hydrogen (secondary N) is 2. The SMILES string of the molecule is CCO[C@H]1CCCN(C(=O)CCNC(=O)c2n[nH]c3ccccc23)C1. The molecule has 2 N–H and O–H groups in total. The van der Waals surface area contributed by atoms with Crippen LogP contribution in [0.1, 0.15) is 36.7 Å². The zero-order valence-electron chi connectivity index (χ0n) is 14.5. The lowest BCUT2D eigenvalue weighted by Gasteiger charge is -2.32. The van der Waals surface area contributed by atoms with Gasteiger partial charge in [0, 0.05) is 38.0 Å². The van der Waals surface area contributed by atoms with Gasteiger partial charge in [0.2, 0.25) is 5.91 Å². The molecule has 25 heavy (non-hydrogen) atoms. The zero-order chi connectivity index (χ0) is 17.6. The molecule has 2 aromatic rings. The Labute approximate surface area is 146 Å². The smallest absolute Gasteiger partial charge is 0.272 e. The first-order valence-electron chi connectivity index (χ1n) is 8.79. The second-order valence-electron chi connectivity index (χ2n) is 6.18. The number of aromatic nitrogens is 2. The van der Waals surface area contributed by atoms with Crippen LogP contribution >= 0.6 is 0 Å². The summed E-state index contributed by atoms with van der Waals surface area (Å²) in [6.07, 6.45) is 2.38. The van der Waals surface area contributed by atoms with Gasteiger partial charge in [0.25, 0.3) is 5.91 Å². The summed E-state index contributed by atoms with van der Waals surface area (Å²) in [5.41, 5.74) is 1.18. The molecule has 1 atom stereocenters. The van der Waals surface area contributed by atoms with Gasteiger partial charge in [0.05, 0.1) is 11.6 Å². The molecule has 1 fully saturated rings. The number of piperidine rings is 1. The van der Waals surface area contributed by atoms with Crippen LogP contribution in [0.25, 0.3) is 10.9 Å². The van der Waals surface area contributed by atoms with E-state index in [0.29, 0.717) is 25.4 Å². The highest BCUT2D eigenvalue weighted by molar-refractivity contribution is 6.04. The number of carbonyl (C=O) groups is 2. The van der Waals surface area contributed by atoms with Crippen molar-refractivity contribution in [2.45, 2.75) is 32.3 Å². The average Bonchev–Trinajstić information content (AvgIpc) is 3.06. The van der Waals surface area contributed by atoms with E-state index in [2.05, 4.69) is 15.5 Å². The number of hydrogen-bond donors (Lipinski definition) is 2. The first kappa shape index (κ1) is 17.4. The van der Waals surface area contributed by atoms with Crippen LogP contribution in [-0.2, 0) is 9.53 Å². The Hall–Kier alpha value is -2.41. The fraction of sp³-hybridized carbons (Fsp3) is 0.500. The van der Waals surface area contributed by atoms with E-state index in [9.17, 15) is 9.59 Å². The second kappa shape index (κ2) is 8.11. The molecule has 2 amide bonds. The van der Waals surface area contributed by atoms with E-state index in [4.69, 9.17) is 4.74 Å². The normalized spacial score (nSPS) is 17.6. The monoisotopic (exact) mass is 344 g/mol. The highest BCUT2D eigenvalue weighted by Crippen LogP contribution is 2.15. The molecule has 1 aromatic carbocycles. The highest BCUT2D eigenvalue weighted by Gasteiger charge is 2.23. The molecule has 1 saturated heterocycles. The third-order valence-corrected chi connectivity index (χ3v) is 4.44. The van der Waals surface area contributed by atoms with Crippen molar-refractivity contribution in [1.29, 1.82) is 0 Å². The summed E-state index contributed by atoms with van der Waals surface area (Å²) in [5, 5.41) is 10.5. The van der Waals surface area contributed by atoms with Crippen molar-refractivity contribution in [3.63, 3.8) is 0 Å². The topological polar surface area (TPSA) is 87.3 Å². The molecule has 0 spiro atoms. The molecule has 134 valence electrons. The van der Waals surface area contributed by atoms with Crippen LogP contribution in [0.2, 0.25) is 0 Å². The van der Waals surface area contributed by atoms with E-state index >= 15 is 0 Å². The number of benzene rings is 1. The van der Waals surface area contributed by atoms with Crippen LogP contribution in [0.4, 0.5) is 0 Å². The molecule has 1 aromatic heterocycles. The van der Waals surface area contributed by atoms with Gasteiger partial charge in [-0.2, -0.15) is 5.10 Å². The summed E-state index contributed by atoms with van der Waals surface area (Å²) in [7, 11) is 0. The van der Waals surface area contributed by atoms with E-state index in [-0.39, 0.29) is 24.3 Å². The van der Waals surface area contributed by atoms with Gasteiger partial charge in [-0.3, -0.25) is 14.7 Å². The Morgan fingerprint density at radius 3 is 3.08 bits per heavy atom. The summed E-state index contributed by atoms with van der Waals surface area (Å²) >= 11 is 0. The molecule has 7 nitrogen and oxygen atoms in total. The molecule has 0 radical (unpaired) electrons. The standard InChI is InChI=1S/C18H24N4O3/c1-2-25-13-6-5-11-22(12-13)16(23)9-10-19-18(24)17-14-7-3-4-8-15(14)20-21-17/h3-4,7-8,13H,2,5-6,9-12H2,1H3,(H,19,24)(H,20,21)/t13-/m0/s1. The van der Waals surface area contributed by atoms with Crippen LogP contribution in [0.3, 0.4) is 0 Å². The molecule has 3 rings (SSSR count). The summed E-state index contributed by atoms with van der Waals surface area (Å²) in [6.45, 7) is 4.34. The Balaban J connectivity index is 1.49. The number of fused-ring (bicyclic) bond motifs is 1. The summed E-state index contributed by atoms with van der Waals surface area (Å²) in [6, 6.07) is 7.46. The minimum Gasteiger partial charge on any atom is -0.377 e. The lowest BCUT2D eigenvalue weighted by atomic mass is 10.1. The second-order valence-corrected chi connectivity index (χ2v) is 6.18. The van der Waals surface area contributed by atoms with E-state index < -0.39 is 0 Å². The van der Waals surface area contributed by atoms with Gasteiger partial charge in [-0.1, -0.05) is 18.2 Å². The predicted molar refractivity (Wildman–Crippen MR) is 94.3 cm³/mol. The number of aromatic amines is 1. The quantitative estimate of drug-likeness (QED) is 0.835. The van der Waals surface area contributed by atoms with Crippen molar-refractivity contribution in [1.82, 2.24) is 20.4 Å². The molecule has 0 aliphatic carbocycles. The van der Waals surface area contributed by atoms with Gasteiger partial charge >= 0.3 is 0 Å². The van der Waals surface area contributed by atoms with Gasteiger partial charge in [0.15, 0.2) is 5.69 Å². The van der Waals surface area contributed by atoms with E-state index in [0.717, 1.165) is 30.3 Å². The number of H-pyrrole nitrogens is 1. The Bertz CT molecular complexity index is 741. The number of carbonyl (C=O) groups excluding carboxylic acids is 2. The van der Waals surface area contributed by atoms with Crippen molar-refractivity contribution in [3.8, 4) is 0 Å². The van der Waals surface area contributed by atoms with Crippen LogP contribution in [0, 0.1) is 0 Å². The number of para-hydroxylation sites is 1. The van der Waals surface area contributed by atoms with E-state index in [1.165, 1.54) is 0 Å². The third kappa shape index (κ3) is 4.17. The molecular weight excluding hydrogens is 320 g/mol. The van der Waals surface area contributed by atoms with Gasteiger partial charge in [-0.15, -0.1) is 0 Å². The van der Waals surface area contributed by atoms with Gasteiger partial charge in [0.1, 0.15) is 0 Å². The highest BCUT2D eigenvalue weighted by atomic mass is 16.5. The van der Waals surface area contributed by atoms with Crippen LogP contribution in [-0.4, -0.2) is 59.3 Å². The van der Waals surface area contributed by atoms with Crippen LogP contribution < -0.4 is 5.32 Å². The number of ether oxygens (including phenoxy) is 1. The number of likely N-dealkylation sites (tertiary alicyclic amines) is 1. The largest absolute Gasteiger partial charge is 0.377 e.